The van der Waals surface area contributed by atoms with Gasteiger partial charge >= 0.3 is 5.69 Å². The summed E-state index contributed by atoms with van der Waals surface area (Å²) in [7, 11) is -3.70. The van der Waals surface area contributed by atoms with Gasteiger partial charge < -0.3 is 0 Å². The SMILES string of the molecule is N#Cc1nc(S(=O)(=O)CCCl)ccc1[N+](=O)[O-]. The van der Waals surface area contributed by atoms with Gasteiger partial charge in [0.15, 0.2) is 14.9 Å². The second-order valence-corrected chi connectivity index (χ2v) is 5.33. The summed E-state index contributed by atoms with van der Waals surface area (Å²) in [6.07, 6.45) is 0. The van der Waals surface area contributed by atoms with E-state index in [0.717, 1.165) is 12.1 Å². The van der Waals surface area contributed by atoms with E-state index >= 15 is 0 Å². The number of hydrogen-bond acceptors (Lipinski definition) is 6. The van der Waals surface area contributed by atoms with Crippen LogP contribution < -0.4 is 0 Å². The van der Waals surface area contributed by atoms with E-state index in [2.05, 4.69) is 4.98 Å². The molecule has 9 heteroatoms. The molecule has 0 saturated carbocycles. The predicted molar refractivity (Wildman–Crippen MR) is 58.4 cm³/mol. The van der Waals surface area contributed by atoms with Gasteiger partial charge in [0.2, 0.25) is 5.69 Å². The van der Waals surface area contributed by atoms with Gasteiger partial charge in [-0.2, -0.15) is 5.26 Å². The Balaban J connectivity index is 3.34. The van der Waals surface area contributed by atoms with Crippen LogP contribution in [0.2, 0.25) is 0 Å². The Morgan fingerprint density at radius 2 is 2.18 bits per heavy atom. The minimum absolute atomic E-state index is 0.122. The molecule has 0 radical (unpaired) electrons. The van der Waals surface area contributed by atoms with Crippen LogP contribution in [0.4, 0.5) is 5.69 Å². The van der Waals surface area contributed by atoms with Crippen LogP contribution in [-0.4, -0.2) is 30.0 Å². The molecular weight excluding hydrogens is 270 g/mol. The zero-order chi connectivity index (χ0) is 13.1. The highest BCUT2D eigenvalue weighted by atomic mass is 35.5. The first-order chi connectivity index (χ1) is 7.92. The van der Waals surface area contributed by atoms with E-state index in [1.807, 2.05) is 0 Å². The fourth-order valence-electron chi connectivity index (χ4n) is 1.04. The maximum Gasteiger partial charge on any atom is 0.305 e. The predicted octanol–water partition coefficient (Wildman–Crippen LogP) is 0.874. The van der Waals surface area contributed by atoms with Crippen LogP contribution in [0.3, 0.4) is 0 Å². The van der Waals surface area contributed by atoms with Crippen LogP contribution in [0.25, 0.3) is 0 Å². The number of halogens is 1. The van der Waals surface area contributed by atoms with Crippen LogP contribution in [0, 0.1) is 21.4 Å². The molecule has 0 aliphatic carbocycles. The number of nitrogens with zero attached hydrogens (tertiary/aromatic N) is 3. The molecule has 0 spiro atoms. The molecule has 0 aliphatic heterocycles. The Bertz CT molecular complexity index is 593. The Hall–Kier alpha value is -1.72. The molecule has 0 N–H and O–H groups in total. The van der Waals surface area contributed by atoms with E-state index in [0.29, 0.717) is 0 Å². The first kappa shape index (κ1) is 13.3. The van der Waals surface area contributed by atoms with Crippen molar-refractivity contribution in [3.05, 3.63) is 27.9 Å². The highest BCUT2D eigenvalue weighted by molar-refractivity contribution is 7.91. The van der Waals surface area contributed by atoms with Crippen LogP contribution in [0.15, 0.2) is 17.2 Å². The average Bonchev–Trinajstić information content (AvgIpc) is 2.27. The zero-order valence-electron chi connectivity index (χ0n) is 8.33. The average molecular weight is 276 g/mol. The lowest BCUT2D eigenvalue weighted by Crippen LogP contribution is -2.11. The summed E-state index contributed by atoms with van der Waals surface area (Å²) in [6, 6.07) is 3.41. The van der Waals surface area contributed by atoms with Crippen molar-refractivity contribution in [2.24, 2.45) is 0 Å². The van der Waals surface area contributed by atoms with E-state index in [1.54, 1.807) is 0 Å². The molecule has 0 fully saturated rings. The maximum absolute atomic E-state index is 11.6. The minimum atomic E-state index is -3.70. The summed E-state index contributed by atoms with van der Waals surface area (Å²) in [6.45, 7) is 0. The molecule has 1 aromatic rings. The molecule has 1 heterocycles. The standard InChI is InChI=1S/C8H6ClN3O4S/c9-3-4-17(15,16)8-2-1-7(12(13)14)6(5-10)11-8/h1-2H,3-4H2. The molecule has 1 aromatic heterocycles. The fraction of sp³-hybridized carbons (Fsp3) is 0.250. The van der Waals surface area contributed by atoms with Crippen molar-refractivity contribution >= 4 is 27.1 Å². The topological polar surface area (TPSA) is 114 Å². The Labute approximate surface area is 102 Å². The molecule has 1 rings (SSSR count). The molecule has 17 heavy (non-hydrogen) atoms. The number of sulfone groups is 1. The third-order valence-corrected chi connectivity index (χ3v) is 3.83. The van der Waals surface area contributed by atoms with Crippen molar-refractivity contribution in [3.8, 4) is 6.07 Å². The van der Waals surface area contributed by atoms with E-state index < -0.39 is 26.1 Å². The van der Waals surface area contributed by atoms with Crippen molar-refractivity contribution < 1.29 is 13.3 Å². The Morgan fingerprint density at radius 3 is 2.65 bits per heavy atom. The smallest absolute Gasteiger partial charge is 0.258 e. The molecule has 0 saturated heterocycles. The van der Waals surface area contributed by atoms with Gasteiger partial charge in [-0.25, -0.2) is 13.4 Å². The lowest BCUT2D eigenvalue weighted by Gasteiger charge is -2.01. The first-order valence-corrected chi connectivity index (χ1v) is 6.45. The van der Waals surface area contributed by atoms with Crippen molar-refractivity contribution in [2.75, 3.05) is 11.6 Å². The fourth-order valence-corrected chi connectivity index (χ4v) is 2.57. The van der Waals surface area contributed by atoms with Gasteiger partial charge in [0.1, 0.15) is 6.07 Å². The molecule has 0 aliphatic rings. The lowest BCUT2D eigenvalue weighted by molar-refractivity contribution is -0.385. The summed E-state index contributed by atoms with van der Waals surface area (Å²) in [5.41, 5.74) is -1.07. The van der Waals surface area contributed by atoms with Gasteiger partial charge in [0, 0.05) is 11.9 Å². The second-order valence-electron chi connectivity index (χ2n) is 2.89. The second kappa shape index (κ2) is 5.07. The Kier molecular flexibility index (Phi) is 3.98. The summed E-state index contributed by atoms with van der Waals surface area (Å²) in [4.78, 5) is 13.2. The molecule has 0 bridgehead atoms. The van der Waals surface area contributed by atoms with Crippen molar-refractivity contribution in [2.45, 2.75) is 5.03 Å². The quantitative estimate of drug-likeness (QED) is 0.457. The molecule has 90 valence electrons. The third kappa shape index (κ3) is 2.89. The highest BCUT2D eigenvalue weighted by Crippen LogP contribution is 2.18. The lowest BCUT2D eigenvalue weighted by atomic mass is 10.3. The minimum Gasteiger partial charge on any atom is -0.258 e. The van der Waals surface area contributed by atoms with Gasteiger partial charge in [0.05, 0.1) is 10.7 Å². The van der Waals surface area contributed by atoms with Gasteiger partial charge in [-0.3, -0.25) is 10.1 Å². The molecule has 0 aromatic carbocycles. The summed E-state index contributed by atoms with van der Waals surface area (Å²) >= 11 is 5.31. The number of hydrogen-bond donors (Lipinski definition) is 0. The third-order valence-electron chi connectivity index (χ3n) is 1.82. The maximum atomic E-state index is 11.6. The van der Waals surface area contributed by atoms with Crippen LogP contribution in [-0.2, 0) is 9.84 Å². The zero-order valence-corrected chi connectivity index (χ0v) is 9.90. The molecule has 0 atom stereocenters. The van der Waals surface area contributed by atoms with Crippen LogP contribution in [0.1, 0.15) is 5.69 Å². The van der Waals surface area contributed by atoms with E-state index in [-0.39, 0.29) is 16.7 Å². The van der Waals surface area contributed by atoms with E-state index in [9.17, 15) is 18.5 Å². The van der Waals surface area contributed by atoms with Crippen molar-refractivity contribution in [3.63, 3.8) is 0 Å². The van der Waals surface area contributed by atoms with Gasteiger partial charge in [-0.05, 0) is 6.07 Å². The number of rotatable bonds is 4. The number of nitro groups is 1. The van der Waals surface area contributed by atoms with Gasteiger partial charge in [-0.15, -0.1) is 11.6 Å². The van der Waals surface area contributed by atoms with E-state index in [1.165, 1.54) is 6.07 Å². The normalized spacial score (nSPS) is 10.8. The van der Waals surface area contributed by atoms with Crippen molar-refractivity contribution in [1.29, 1.82) is 5.26 Å². The van der Waals surface area contributed by atoms with Crippen LogP contribution >= 0.6 is 11.6 Å². The summed E-state index contributed by atoms with van der Waals surface area (Å²) in [5, 5.41) is 18.8. The number of alkyl halides is 1. The molecule has 7 nitrogen and oxygen atoms in total. The molecule has 0 unspecified atom stereocenters. The summed E-state index contributed by atoms with van der Waals surface area (Å²) < 4.78 is 23.1. The highest BCUT2D eigenvalue weighted by Gasteiger charge is 2.21. The number of pyridine rings is 1. The molecular formula is C8H6ClN3O4S. The van der Waals surface area contributed by atoms with Gasteiger partial charge in [0.25, 0.3) is 0 Å². The summed E-state index contributed by atoms with van der Waals surface area (Å²) in [5.74, 6) is -0.465. The molecule has 0 amide bonds. The van der Waals surface area contributed by atoms with Gasteiger partial charge in [-0.1, -0.05) is 0 Å². The number of aromatic nitrogens is 1. The largest absolute Gasteiger partial charge is 0.305 e. The van der Waals surface area contributed by atoms with Crippen LogP contribution in [0.5, 0.6) is 0 Å². The van der Waals surface area contributed by atoms with E-state index in [4.69, 9.17) is 16.9 Å². The Morgan fingerprint density at radius 1 is 1.53 bits per heavy atom. The number of nitriles is 1. The monoisotopic (exact) mass is 275 g/mol. The van der Waals surface area contributed by atoms with Crippen molar-refractivity contribution in [1.82, 2.24) is 4.98 Å². The first-order valence-electron chi connectivity index (χ1n) is 4.26.